The van der Waals surface area contributed by atoms with Gasteiger partial charge in [0.05, 0.1) is 5.69 Å². The fourth-order valence-electron chi connectivity index (χ4n) is 2.66. The number of aromatic nitrogens is 1. The lowest BCUT2D eigenvalue weighted by Gasteiger charge is -2.30. The van der Waals surface area contributed by atoms with Gasteiger partial charge in [-0.2, -0.15) is 13.2 Å². The van der Waals surface area contributed by atoms with Crippen molar-refractivity contribution in [1.82, 2.24) is 4.98 Å². The molecule has 1 unspecified atom stereocenters. The van der Waals surface area contributed by atoms with Crippen LogP contribution in [0.25, 0.3) is 0 Å². The zero-order valence-electron chi connectivity index (χ0n) is 11.1. The van der Waals surface area contributed by atoms with E-state index in [9.17, 15) is 18.3 Å². The van der Waals surface area contributed by atoms with Gasteiger partial charge in [0.1, 0.15) is 0 Å². The monoisotopic (exact) mass is 293 g/mol. The van der Waals surface area contributed by atoms with Crippen molar-refractivity contribution in [2.45, 2.75) is 24.6 Å². The summed E-state index contributed by atoms with van der Waals surface area (Å²) in [7, 11) is 0. The van der Waals surface area contributed by atoms with Gasteiger partial charge in [0.2, 0.25) is 5.60 Å². The molecule has 0 saturated carbocycles. The highest BCUT2D eigenvalue weighted by Gasteiger charge is 2.57. The first-order valence-electron chi connectivity index (χ1n) is 6.64. The van der Waals surface area contributed by atoms with E-state index in [-0.39, 0.29) is 11.3 Å². The standard InChI is InChI=1S/C16H14F3NO/c17-16(18,19)15(21,12-7-2-1-3-8-12)14-10-11-6-4-5-9-13(11)20-14/h1-5,7-8,10,20-21H,6,9H2. The summed E-state index contributed by atoms with van der Waals surface area (Å²) in [5, 5.41) is 10.5. The highest BCUT2D eigenvalue weighted by atomic mass is 19.4. The molecule has 3 rings (SSSR count). The van der Waals surface area contributed by atoms with Crippen LogP contribution < -0.4 is 0 Å². The number of benzene rings is 1. The minimum Gasteiger partial charge on any atom is -0.371 e. The number of hydrogen-bond donors (Lipinski definition) is 2. The number of hydrogen-bond acceptors (Lipinski definition) is 1. The van der Waals surface area contributed by atoms with Crippen molar-refractivity contribution in [3.63, 3.8) is 0 Å². The summed E-state index contributed by atoms with van der Waals surface area (Å²) in [4.78, 5) is 2.76. The van der Waals surface area contributed by atoms with Crippen LogP contribution in [0.3, 0.4) is 0 Å². The average Bonchev–Trinajstić information content (AvgIpc) is 2.90. The molecule has 2 nitrogen and oxygen atoms in total. The molecule has 21 heavy (non-hydrogen) atoms. The molecular weight excluding hydrogens is 279 g/mol. The van der Waals surface area contributed by atoms with E-state index in [0.29, 0.717) is 12.8 Å². The van der Waals surface area contributed by atoms with Crippen LogP contribution in [0, 0.1) is 0 Å². The summed E-state index contributed by atoms with van der Waals surface area (Å²) in [5.74, 6) is 0. The lowest BCUT2D eigenvalue weighted by Crippen LogP contribution is -2.43. The van der Waals surface area contributed by atoms with E-state index in [0.717, 1.165) is 11.3 Å². The molecule has 1 aromatic heterocycles. The molecule has 1 aliphatic rings. The highest BCUT2D eigenvalue weighted by Crippen LogP contribution is 2.44. The van der Waals surface area contributed by atoms with E-state index in [1.54, 1.807) is 6.07 Å². The highest BCUT2D eigenvalue weighted by molar-refractivity contribution is 5.41. The maximum Gasteiger partial charge on any atom is 0.427 e. The van der Waals surface area contributed by atoms with Gasteiger partial charge >= 0.3 is 6.18 Å². The van der Waals surface area contributed by atoms with E-state index in [1.807, 2.05) is 12.2 Å². The van der Waals surface area contributed by atoms with E-state index >= 15 is 0 Å². The Balaban J connectivity index is 2.15. The topological polar surface area (TPSA) is 36.0 Å². The predicted octanol–water partition coefficient (Wildman–Crippen LogP) is 3.47. The van der Waals surface area contributed by atoms with Gasteiger partial charge < -0.3 is 10.1 Å². The predicted molar refractivity (Wildman–Crippen MR) is 72.8 cm³/mol. The maximum absolute atomic E-state index is 13.6. The van der Waals surface area contributed by atoms with Gasteiger partial charge in [0.15, 0.2) is 0 Å². The number of allylic oxidation sites excluding steroid dienone is 2. The Morgan fingerprint density at radius 2 is 1.67 bits per heavy atom. The zero-order chi connectivity index (χ0) is 15.1. The van der Waals surface area contributed by atoms with Crippen molar-refractivity contribution < 1.29 is 18.3 Å². The lowest BCUT2D eigenvalue weighted by molar-refractivity contribution is -0.249. The Labute approximate surface area is 119 Å². The molecule has 2 N–H and O–H groups in total. The van der Waals surface area contributed by atoms with Crippen LogP contribution in [-0.2, 0) is 18.4 Å². The van der Waals surface area contributed by atoms with E-state index < -0.39 is 11.8 Å². The first-order valence-corrected chi connectivity index (χ1v) is 6.64. The van der Waals surface area contributed by atoms with Gasteiger partial charge in [-0.25, -0.2) is 0 Å². The molecule has 0 bridgehead atoms. The first kappa shape index (κ1) is 13.9. The molecule has 1 aliphatic carbocycles. The molecule has 1 aromatic carbocycles. The number of alkyl halides is 3. The van der Waals surface area contributed by atoms with Crippen molar-refractivity contribution in [1.29, 1.82) is 0 Å². The number of halogens is 3. The minimum absolute atomic E-state index is 0.191. The van der Waals surface area contributed by atoms with Crippen molar-refractivity contribution in [3.8, 4) is 0 Å². The second-order valence-corrected chi connectivity index (χ2v) is 5.14. The maximum atomic E-state index is 13.6. The van der Waals surface area contributed by atoms with Crippen LogP contribution >= 0.6 is 0 Å². The van der Waals surface area contributed by atoms with Crippen molar-refractivity contribution in [2.75, 3.05) is 0 Å². The smallest absolute Gasteiger partial charge is 0.371 e. The summed E-state index contributed by atoms with van der Waals surface area (Å²) >= 11 is 0. The van der Waals surface area contributed by atoms with Crippen molar-refractivity contribution in [3.05, 3.63) is 71.1 Å². The molecule has 1 heterocycles. The van der Waals surface area contributed by atoms with Crippen LogP contribution in [0.1, 0.15) is 22.5 Å². The van der Waals surface area contributed by atoms with E-state index in [1.165, 1.54) is 30.3 Å². The molecule has 0 spiro atoms. The number of aromatic amines is 1. The van der Waals surface area contributed by atoms with E-state index in [2.05, 4.69) is 4.98 Å². The van der Waals surface area contributed by atoms with Crippen molar-refractivity contribution >= 4 is 0 Å². The molecule has 5 heteroatoms. The third-order valence-corrected chi connectivity index (χ3v) is 3.81. The number of rotatable bonds is 2. The Kier molecular flexibility index (Phi) is 3.17. The molecule has 0 fully saturated rings. The summed E-state index contributed by atoms with van der Waals surface area (Å²) in [6.45, 7) is 0. The van der Waals surface area contributed by atoms with Gasteiger partial charge in [-0.05, 0) is 23.6 Å². The summed E-state index contributed by atoms with van der Waals surface area (Å²) in [6, 6.07) is 8.56. The van der Waals surface area contributed by atoms with Crippen LogP contribution in [0.5, 0.6) is 0 Å². The Morgan fingerprint density at radius 1 is 1.00 bits per heavy atom. The fraction of sp³-hybridized carbons (Fsp3) is 0.250. The number of nitrogens with one attached hydrogen (secondary N) is 1. The Bertz CT molecular complexity index is 647. The van der Waals surface area contributed by atoms with Crippen LogP contribution in [0.2, 0.25) is 0 Å². The van der Waals surface area contributed by atoms with Gasteiger partial charge in [-0.3, -0.25) is 0 Å². The van der Waals surface area contributed by atoms with E-state index in [4.69, 9.17) is 0 Å². The number of aliphatic hydroxyl groups is 1. The SMILES string of the molecule is OC(c1ccccc1)(c1cc2c([nH]1)CC=CC2)C(F)(F)F. The molecular formula is C16H14F3NO. The second kappa shape index (κ2) is 4.77. The number of H-pyrrole nitrogens is 1. The first-order chi connectivity index (χ1) is 9.93. The second-order valence-electron chi connectivity index (χ2n) is 5.14. The molecule has 0 amide bonds. The summed E-state index contributed by atoms with van der Waals surface area (Å²) < 4.78 is 40.7. The normalized spacial score (nSPS) is 17.3. The average molecular weight is 293 g/mol. The summed E-state index contributed by atoms with van der Waals surface area (Å²) in [5.41, 5.74) is -1.91. The molecule has 0 aliphatic heterocycles. The van der Waals surface area contributed by atoms with Gasteiger partial charge in [-0.1, -0.05) is 42.5 Å². The molecule has 0 saturated heterocycles. The Morgan fingerprint density at radius 3 is 2.29 bits per heavy atom. The summed E-state index contributed by atoms with van der Waals surface area (Å²) in [6.07, 6.45) is 0.134. The van der Waals surface area contributed by atoms with Crippen LogP contribution in [0.4, 0.5) is 13.2 Å². The van der Waals surface area contributed by atoms with Crippen LogP contribution in [0.15, 0.2) is 48.6 Å². The molecule has 2 aromatic rings. The van der Waals surface area contributed by atoms with Gasteiger partial charge in [-0.15, -0.1) is 0 Å². The van der Waals surface area contributed by atoms with Gasteiger partial charge in [0, 0.05) is 12.1 Å². The third-order valence-electron chi connectivity index (χ3n) is 3.81. The fourth-order valence-corrected chi connectivity index (χ4v) is 2.66. The zero-order valence-corrected chi connectivity index (χ0v) is 11.1. The Hall–Kier alpha value is -2.01. The minimum atomic E-state index is -4.81. The quantitative estimate of drug-likeness (QED) is 0.817. The number of fused-ring (bicyclic) bond motifs is 1. The molecule has 1 atom stereocenters. The largest absolute Gasteiger partial charge is 0.427 e. The lowest BCUT2D eigenvalue weighted by atomic mass is 9.89. The third kappa shape index (κ3) is 2.17. The van der Waals surface area contributed by atoms with Crippen LogP contribution in [-0.4, -0.2) is 16.3 Å². The van der Waals surface area contributed by atoms with Gasteiger partial charge in [0.25, 0.3) is 0 Å². The molecule has 0 radical (unpaired) electrons. The van der Waals surface area contributed by atoms with Crippen molar-refractivity contribution in [2.24, 2.45) is 0 Å². The molecule has 110 valence electrons.